The highest BCUT2D eigenvalue weighted by Gasteiger charge is 2.39. The Labute approximate surface area is 174 Å². The number of rotatable bonds is 5. The van der Waals surface area contributed by atoms with Gasteiger partial charge in [0, 0.05) is 13.6 Å². The Morgan fingerprint density at radius 3 is 2.23 bits per heavy atom. The Morgan fingerprint density at radius 2 is 1.68 bits per heavy atom. The van der Waals surface area contributed by atoms with Crippen molar-refractivity contribution in [3.8, 4) is 5.75 Å². The fourth-order valence-corrected chi connectivity index (χ4v) is 2.77. The van der Waals surface area contributed by atoms with E-state index in [2.05, 4.69) is 0 Å². The van der Waals surface area contributed by atoms with Crippen molar-refractivity contribution in [2.24, 2.45) is 0 Å². The number of hydrogen-bond donors (Lipinski definition) is 0. The highest BCUT2D eigenvalue weighted by atomic mass is 19.4. The lowest BCUT2D eigenvalue weighted by molar-refractivity contribution is -0.189. The first-order valence-electron chi connectivity index (χ1n) is 9.07. The first-order chi connectivity index (χ1) is 14.1. The second-order valence-corrected chi connectivity index (χ2v) is 7.20. The van der Waals surface area contributed by atoms with Crippen LogP contribution >= 0.6 is 0 Å². The molecule has 0 spiro atoms. The van der Waals surface area contributed by atoms with Gasteiger partial charge in [-0.05, 0) is 56.2 Å². The summed E-state index contributed by atoms with van der Waals surface area (Å²) in [7, 11) is 1.25. The SMILES string of the molecule is Cc1ccc(OC(C)C(F)(F)F)c(C(=O)N(C)Cc2cc(C(F)(F)F)cc(F)c2C)c1. The molecule has 170 valence electrons. The number of benzene rings is 2. The van der Waals surface area contributed by atoms with E-state index >= 15 is 0 Å². The predicted molar refractivity (Wildman–Crippen MR) is 99.3 cm³/mol. The number of aryl methyl sites for hydroxylation is 1. The van der Waals surface area contributed by atoms with E-state index in [4.69, 9.17) is 4.74 Å². The zero-order valence-corrected chi connectivity index (χ0v) is 17.1. The van der Waals surface area contributed by atoms with E-state index in [1.165, 1.54) is 32.2 Å². The van der Waals surface area contributed by atoms with Gasteiger partial charge in [0.2, 0.25) is 0 Å². The van der Waals surface area contributed by atoms with E-state index in [-0.39, 0.29) is 22.4 Å². The minimum Gasteiger partial charge on any atom is -0.480 e. The summed E-state index contributed by atoms with van der Waals surface area (Å²) in [4.78, 5) is 13.9. The van der Waals surface area contributed by atoms with Crippen LogP contribution in [0.15, 0.2) is 30.3 Å². The highest BCUT2D eigenvalue weighted by Crippen LogP contribution is 2.33. The molecule has 0 saturated carbocycles. The van der Waals surface area contributed by atoms with E-state index in [9.17, 15) is 35.5 Å². The summed E-state index contributed by atoms with van der Waals surface area (Å²) >= 11 is 0. The van der Waals surface area contributed by atoms with Gasteiger partial charge >= 0.3 is 12.4 Å². The quantitative estimate of drug-likeness (QED) is 0.517. The van der Waals surface area contributed by atoms with Crippen LogP contribution in [0, 0.1) is 19.7 Å². The lowest BCUT2D eigenvalue weighted by atomic mass is 10.0. The lowest BCUT2D eigenvalue weighted by Gasteiger charge is -2.23. The molecule has 31 heavy (non-hydrogen) atoms. The first kappa shape index (κ1) is 24.5. The molecule has 0 aliphatic carbocycles. The van der Waals surface area contributed by atoms with Crippen LogP contribution in [0.25, 0.3) is 0 Å². The number of alkyl halides is 6. The number of hydrogen-bond acceptors (Lipinski definition) is 2. The van der Waals surface area contributed by atoms with Crippen molar-refractivity contribution in [1.29, 1.82) is 0 Å². The Hall–Kier alpha value is -2.78. The number of carbonyl (C=O) groups excluding carboxylic acids is 1. The van der Waals surface area contributed by atoms with Gasteiger partial charge in [-0.25, -0.2) is 4.39 Å². The largest absolute Gasteiger partial charge is 0.480 e. The van der Waals surface area contributed by atoms with Crippen LogP contribution in [0.2, 0.25) is 0 Å². The van der Waals surface area contributed by atoms with Crippen molar-refractivity contribution < 1.29 is 40.3 Å². The van der Waals surface area contributed by atoms with Gasteiger partial charge in [0.05, 0.1) is 11.1 Å². The Balaban J connectivity index is 2.36. The van der Waals surface area contributed by atoms with Crippen molar-refractivity contribution in [1.82, 2.24) is 4.90 Å². The van der Waals surface area contributed by atoms with Gasteiger partial charge in [-0.3, -0.25) is 4.79 Å². The van der Waals surface area contributed by atoms with E-state index < -0.39 is 42.3 Å². The monoisotopic (exact) mass is 451 g/mol. The van der Waals surface area contributed by atoms with Crippen LogP contribution in [-0.2, 0) is 12.7 Å². The summed E-state index contributed by atoms with van der Waals surface area (Å²) in [5, 5.41) is 0. The van der Waals surface area contributed by atoms with Crippen LogP contribution in [0.1, 0.15) is 39.5 Å². The number of carbonyl (C=O) groups is 1. The summed E-state index contributed by atoms with van der Waals surface area (Å²) in [6, 6.07) is 5.10. The van der Waals surface area contributed by atoms with Crippen LogP contribution in [0.3, 0.4) is 0 Å². The van der Waals surface area contributed by atoms with Gasteiger partial charge in [0.1, 0.15) is 11.6 Å². The number of nitrogens with zero attached hydrogens (tertiary/aromatic N) is 1. The van der Waals surface area contributed by atoms with Crippen LogP contribution in [0.5, 0.6) is 5.75 Å². The van der Waals surface area contributed by atoms with Crippen LogP contribution in [0.4, 0.5) is 30.7 Å². The molecule has 0 saturated heterocycles. The van der Waals surface area contributed by atoms with Gasteiger partial charge in [-0.2, -0.15) is 26.3 Å². The second-order valence-electron chi connectivity index (χ2n) is 7.20. The van der Waals surface area contributed by atoms with Crippen LogP contribution < -0.4 is 4.74 Å². The molecular formula is C21H20F7NO2. The smallest absolute Gasteiger partial charge is 0.425 e. The molecule has 0 aromatic heterocycles. The molecule has 0 aliphatic heterocycles. The maximum absolute atomic E-state index is 14.0. The van der Waals surface area contributed by atoms with E-state index in [1.807, 2.05) is 0 Å². The summed E-state index contributed by atoms with van der Waals surface area (Å²) in [6.45, 7) is 3.27. The van der Waals surface area contributed by atoms with Gasteiger partial charge in [0.15, 0.2) is 6.10 Å². The third kappa shape index (κ3) is 5.89. The molecule has 1 unspecified atom stereocenters. The topological polar surface area (TPSA) is 29.5 Å². The minimum absolute atomic E-state index is 0.0703. The number of ether oxygens (including phenoxy) is 1. The minimum atomic E-state index is -4.78. The Kier molecular flexibility index (Phi) is 6.92. The zero-order valence-electron chi connectivity index (χ0n) is 17.1. The molecule has 3 nitrogen and oxygen atoms in total. The standard InChI is InChI=1S/C21H20F7NO2/c1-11-5-6-18(31-13(3)20(23,24)25)16(7-11)19(30)29(4)10-14-8-15(21(26,27)28)9-17(22)12(14)2/h5-9,13H,10H2,1-4H3. The molecule has 10 heteroatoms. The summed E-state index contributed by atoms with van der Waals surface area (Å²) in [5.41, 5.74) is -0.986. The predicted octanol–water partition coefficient (Wildman–Crippen LogP) is 6.06. The summed E-state index contributed by atoms with van der Waals surface area (Å²) < 4.78 is 96.5. The average molecular weight is 451 g/mol. The molecule has 2 rings (SSSR count). The Morgan fingerprint density at radius 1 is 1.06 bits per heavy atom. The first-order valence-corrected chi connectivity index (χ1v) is 9.07. The average Bonchev–Trinajstić information content (AvgIpc) is 2.64. The molecule has 0 bridgehead atoms. The molecule has 0 aliphatic rings. The van der Waals surface area contributed by atoms with Crippen molar-refractivity contribution in [2.75, 3.05) is 7.05 Å². The van der Waals surface area contributed by atoms with Crippen molar-refractivity contribution in [3.63, 3.8) is 0 Å². The molecular weight excluding hydrogens is 431 g/mol. The molecule has 0 radical (unpaired) electrons. The van der Waals surface area contributed by atoms with E-state index in [1.54, 1.807) is 6.92 Å². The summed E-state index contributed by atoms with van der Waals surface area (Å²) in [5.74, 6) is -2.19. The maximum atomic E-state index is 14.0. The molecule has 0 heterocycles. The fourth-order valence-electron chi connectivity index (χ4n) is 2.77. The van der Waals surface area contributed by atoms with Crippen LogP contribution in [-0.4, -0.2) is 30.1 Å². The molecule has 1 amide bonds. The third-order valence-corrected chi connectivity index (χ3v) is 4.66. The van der Waals surface area contributed by atoms with Crippen molar-refractivity contribution in [3.05, 3.63) is 64.0 Å². The maximum Gasteiger partial charge on any atom is 0.425 e. The molecule has 2 aromatic rings. The van der Waals surface area contributed by atoms with Gasteiger partial charge < -0.3 is 9.64 Å². The van der Waals surface area contributed by atoms with Gasteiger partial charge in [0.25, 0.3) is 5.91 Å². The summed E-state index contributed by atoms with van der Waals surface area (Å²) in [6.07, 6.45) is -11.6. The molecule has 2 aromatic carbocycles. The Bertz CT molecular complexity index is 967. The van der Waals surface area contributed by atoms with Crippen molar-refractivity contribution in [2.45, 2.75) is 45.8 Å². The molecule has 0 fully saturated rings. The zero-order chi connectivity index (χ0) is 23.7. The molecule has 1 atom stereocenters. The van der Waals surface area contributed by atoms with Gasteiger partial charge in [-0.15, -0.1) is 0 Å². The number of halogens is 7. The van der Waals surface area contributed by atoms with E-state index in [0.29, 0.717) is 11.6 Å². The van der Waals surface area contributed by atoms with Gasteiger partial charge in [-0.1, -0.05) is 11.6 Å². The highest BCUT2D eigenvalue weighted by molar-refractivity contribution is 5.97. The van der Waals surface area contributed by atoms with E-state index in [0.717, 1.165) is 17.9 Å². The van der Waals surface area contributed by atoms with Crippen molar-refractivity contribution >= 4 is 5.91 Å². The molecule has 0 N–H and O–H groups in total. The number of amides is 1. The fraction of sp³-hybridized carbons (Fsp3) is 0.381. The normalized spacial score (nSPS) is 13.1. The second kappa shape index (κ2) is 8.76. The third-order valence-electron chi connectivity index (χ3n) is 4.66. The lowest BCUT2D eigenvalue weighted by Crippen LogP contribution is -2.33.